The van der Waals surface area contributed by atoms with Gasteiger partial charge in [0.1, 0.15) is 11.7 Å². The second-order valence-corrected chi connectivity index (χ2v) is 7.88. The number of hydrogen-bond donors (Lipinski definition) is 0. The summed E-state index contributed by atoms with van der Waals surface area (Å²) in [4.78, 5) is 41.7. The van der Waals surface area contributed by atoms with Crippen LogP contribution in [0, 0.1) is 5.92 Å². The van der Waals surface area contributed by atoms with Crippen LogP contribution >= 0.6 is 0 Å². The number of aliphatic imine (C=N–C) groups is 1. The van der Waals surface area contributed by atoms with Gasteiger partial charge in [-0.15, -0.1) is 0 Å². The van der Waals surface area contributed by atoms with Crippen LogP contribution in [0.2, 0.25) is 0 Å². The van der Waals surface area contributed by atoms with Gasteiger partial charge in [-0.3, -0.25) is 19.4 Å². The molecule has 2 atom stereocenters. The molecule has 3 rings (SSSR count). The minimum absolute atomic E-state index is 0.0466. The van der Waals surface area contributed by atoms with Gasteiger partial charge in [-0.25, -0.2) is 0 Å². The summed E-state index contributed by atoms with van der Waals surface area (Å²) < 4.78 is 10.7. The lowest BCUT2D eigenvalue weighted by atomic mass is 9.72. The number of allylic oxidation sites excluding steroid dienone is 2. The summed E-state index contributed by atoms with van der Waals surface area (Å²) in [6.07, 6.45) is 4.84. The molecule has 6 heteroatoms. The van der Waals surface area contributed by atoms with Gasteiger partial charge in [-0.1, -0.05) is 31.9 Å². The third-order valence-electron chi connectivity index (χ3n) is 5.58. The average molecular weight is 411 g/mol. The molecule has 30 heavy (non-hydrogen) atoms. The zero-order valence-corrected chi connectivity index (χ0v) is 17.9. The normalized spacial score (nSPS) is 21.0. The quantitative estimate of drug-likeness (QED) is 0.374. The maximum absolute atomic E-state index is 13.0. The van der Waals surface area contributed by atoms with E-state index in [2.05, 4.69) is 11.9 Å². The highest BCUT2D eigenvalue weighted by atomic mass is 16.5. The molecule has 0 aromatic heterocycles. The van der Waals surface area contributed by atoms with Crippen LogP contribution in [-0.2, 0) is 19.1 Å². The van der Waals surface area contributed by atoms with Crippen molar-refractivity contribution in [3.05, 3.63) is 41.1 Å². The van der Waals surface area contributed by atoms with Crippen molar-refractivity contribution in [2.75, 3.05) is 6.61 Å². The summed E-state index contributed by atoms with van der Waals surface area (Å²) in [5, 5.41) is 0. The molecule has 1 aliphatic carbocycles. The first-order valence-corrected chi connectivity index (χ1v) is 10.7. The van der Waals surface area contributed by atoms with Crippen molar-refractivity contribution < 1.29 is 23.9 Å². The number of nitrogens with zero attached hydrogens (tertiary/aromatic N) is 1. The number of unbranched alkanes of at least 4 members (excludes halogenated alkanes) is 2. The van der Waals surface area contributed by atoms with E-state index in [1.54, 1.807) is 12.1 Å². The minimum atomic E-state index is -0.632. The van der Waals surface area contributed by atoms with Crippen molar-refractivity contribution in [3.63, 3.8) is 0 Å². The lowest BCUT2D eigenvalue weighted by Gasteiger charge is -2.34. The average Bonchev–Trinajstić information content (AvgIpc) is 2.70. The fourth-order valence-electron chi connectivity index (χ4n) is 4.20. The highest BCUT2D eigenvalue weighted by molar-refractivity contribution is 6.08. The molecule has 1 aromatic carbocycles. The Bertz CT molecular complexity index is 881. The Hall–Kier alpha value is -2.76. The number of ether oxygens (including phenoxy) is 2. The fourth-order valence-corrected chi connectivity index (χ4v) is 4.20. The van der Waals surface area contributed by atoms with Crippen LogP contribution in [0.5, 0.6) is 5.75 Å². The molecule has 0 saturated heterocycles. The number of ketones is 1. The third-order valence-corrected chi connectivity index (χ3v) is 5.58. The second-order valence-electron chi connectivity index (χ2n) is 7.88. The van der Waals surface area contributed by atoms with Crippen molar-refractivity contribution in [2.45, 2.75) is 65.2 Å². The first-order valence-electron chi connectivity index (χ1n) is 10.7. The summed E-state index contributed by atoms with van der Waals surface area (Å²) in [5.74, 6) is -1.33. The summed E-state index contributed by atoms with van der Waals surface area (Å²) in [6, 6.07) is 7.00. The van der Waals surface area contributed by atoms with E-state index in [4.69, 9.17) is 9.47 Å². The lowest BCUT2D eigenvalue weighted by Crippen LogP contribution is -2.37. The number of Topliss-reactive ketones (excluding diaryl/α,β-unsaturated/α-hetero) is 1. The molecule has 0 N–H and O–H groups in total. The Morgan fingerprint density at radius 1 is 1.13 bits per heavy atom. The molecule has 0 amide bonds. The first kappa shape index (κ1) is 21.9. The van der Waals surface area contributed by atoms with Crippen molar-refractivity contribution in [2.24, 2.45) is 10.9 Å². The monoisotopic (exact) mass is 411 g/mol. The number of benzene rings is 1. The first-order chi connectivity index (χ1) is 14.4. The predicted octanol–water partition coefficient (Wildman–Crippen LogP) is 4.53. The Balaban J connectivity index is 1.95. The van der Waals surface area contributed by atoms with Crippen LogP contribution in [0.1, 0.15) is 70.8 Å². The van der Waals surface area contributed by atoms with Gasteiger partial charge >= 0.3 is 11.9 Å². The molecule has 0 radical (unpaired) electrons. The molecule has 1 unspecified atom stereocenters. The standard InChI is InChI=1S/C24H29NO5/c1-4-5-6-14-29-24(28)21-15(2)25-19-8-7-9-20(27)23(19)22(21)17-10-12-18(13-11-17)30-16(3)26/h10-13,21-22H,4-9,14H2,1-3H3/t21?,22-/m1/s1. The van der Waals surface area contributed by atoms with Gasteiger partial charge in [0.2, 0.25) is 0 Å². The second kappa shape index (κ2) is 9.83. The lowest BCUT2D eigenvalue weighted by molar-refractivity contribution is -0.146. The zero-order valence-electron chi connectivity index (χ0n) is 17.9. The van der Waals surface area contributed by atoms with Gasteiger partial charge in [0.25, 0.3) is 0 Å². The number of carbonyl (C=O) groups is 3. The van der Waals surface area contributed by atoms with E-state index in [0.717, 1.165) is 43.4 Å². The number of esters is 2. The topological polar surface area (TPSA) is 82.0 Å². The number of rotatable bonds is 7. The molecule has 160 valence electrons. The minimum Gasteiger partial charge on any atom is -0.465 e. The SMILES string of the molecule is CCCCCOC(=O)C1C(C)=NC2=C(C(=O)CCC2)[C@@H]1c1ccc(OC(C)=O)cc1. The Morgan fingerprint density at radius 3 is 2.53 bits per heavy atom. The van der Waals surface area contributed by atoms with E-state index >= 15 is 0 Å². The van der Waals surface area contributed by atoms with Crippen molar-refractivity contribution in [1.29, 1.82) is 0 Å². The van der Waals surface area contributed by atoms with Crippen molar-refractivity contribution in [3.8, 4) is 5.75 Å². The Kier molecular flexibility index (Phi) is 7.19. The molecular formula is C24H29NO5. The van der Waals surface area contributed by atoms with Crippen LogP contribution in [0.4, 0.5) is 0 Å². The maximum Gasteiger partial charge on any atom is 0.315 e. The predicted molar refractivity (Wildman–Crippen MR) is 113 cm³/mol. The summed E-state index contributed by atoms with van der Waals surface area (Å²) in [5.41, 5.74) is 2.91. The molecule has 0 bridgehead atoms. The molecule has 0 saturated carbocycles. The molecule has 1 heterocycles. The van der Waals surface area contributed by atoms with E-state index in [9.17, 15) is 14.4 Å². The van der Waals surface area contributed by atoms with Gasteiger partial charge in [0, 0.05) is 36.2 Å². The van der Waals surface area contributed by atoms with E-state index in [1.165, 1.54) is 6.92 Å². The Labute approximate surface area is 177 Å². The molecule has 1 aliphatic heterocycles. The number of hydrogen-bond acceptors (Lipinski definition) is 6. The van der Waals surface area contributed by atoms with Gasteiger partial charge in [0.15, 0.2) is 5.78 Å². The highest BCUT2D eigenvalue weighted by Crippen LogP contribution is 2.43. The maximum atomic E-state index is 13.0. The van der Waals surface area contributed by atoms with Crippen LogP contribution in [0.3, 0.4) is 0 Å². The number of carbonyl (C=O) groups excluding carboxylic acids is 3. The van der Waals surface area contributed by atoms with Gasteiger partial charge in [-0.2, -0.15) is 0 Å². The van der Waals surface area contributed by atoms with Gasteiger partial charge in [-0.05, 0) is 43.9 Å². The Morgan fingerprint density at radius 2 is 1.87 bits per heavy atom. The third kappa shape index (κ3) is 4.86. The van der Waals surface area contributed by atoms with Crippen LogP contribution < -0.4 is 4.74 Å². The summed E-state index contributed by atoms with van der Waals surface area (Å²) >= 11 is 0. The van der Waals surface area contributed by atoms with Crippen LogP contribution in [0.15, 0.2) is 40.5 Å². The highest BCUT2D eigenvalue weighted by Gasteiger charge is 2.43. The van der Waals surface area contributed by atoms with E-state index in [-0.39, 0.29) is 11.8 Å². The van der Waals surface area contributed by atoms with E-state index < -0.39 is 17.8 Å². The summed E-state index contributed by atoms with van der Waals surface area (Å²) in [7, 11) is 0. The van der Waals surface area contributed by atoms with Crippen molar-refractivity contribution >= 4 is 23.4 Å². The molecule has 1 aromatic rings. The van der Waals surface area contributed by atoms with Gasteiger partial charge in [0.05, 0.1) is 6.61 Å². The molecule has 6 nitrogen and oxygen atoms in total. The fraction of sp³-hybridized carbons (Fsp3) is 0.500. The van der Waals surface area contributed by atoms with Gasteiger partial charge < -0.3 is 9.47 Å². The molecule has 2 aliphatic rings. The molecule has 0 fully saturated rings. The van der Waals surface area contributed by atoms with Crippen molar-refractivity contribution in [1.82, 2.24) is 0 Å². The van der Waals surface area contributed by atoms with E-state index in [1.807, 2.05) is 19.1 Å². The van der Waals surface area contributed by atoms with E-state index in [0.29, 0.717) is 30.1 Å². The smallest absolute Gasteiger partial charge is 0.315 e. The van der Waals surface area contributed by atoms with Crippen LogP contribution in [-0.4, -0.2) is 30.0 Å². The summed E-state index contributed by atoms with van der Waals surface area (Å²) in [6.45, 7) is 5.64. The largest absolute Gasteiger partial charge is 0.465 e. The van der Waals surface area contributed by atoms with Crippen LogP contribution in [0.25, 0.3) is 0 Å². The molecular weight excluding hydrogens is 382 g/mol. The zero-order chi connectivity index (χ0) is 21.7. The molecule has 0 spiro atoms.